The Bertz CT molecular complexity index is 1010. The highest BCUT2D eigenvalue weighted by molar-refractivity contribution is 8.00. The quantitative estimate of drug-likeness (QED) is 0.560. The van der Waals surface area contributed by atoms with Crippen molar-refractivity contribution < 1.29 is 4.79 Å². The first-order valence-corrected chi connectivity index (χ1v) is 8.44. The van der Waals surface area contributed by atoms with E-state index in [4.69, 9.17) is 0 Å². The molecular formula is C17H15N5OS. The lowest BCUT2D eigenvalue weighted by atomic mass is 10.3. The standard InChI is InChI=1S/C17H15N5OS/c1-11(15(23)18-12-7-3-2-4-8-12)24-17-21-20-16-19-13-9-5-6-10-14(13)22(16)17/h2-11H,1H3,(H,18,23)(H,19,20)/t11-/m1/s1. The fourth-order valence-corrected chi connectivity index (χ4v) is 3.37. The molecule has 0 unspecified atom stereocenters. The Kier molecular flexibility index (Phi) is 3.70. The molecule has 1 atom stereocenters. The fourth-order valence-electron chi connectivity index (χ4n) is 2.50. The van der Waals surface area contributed by atoms with Gasteiger partial charge in [0.05, 0.1) is 16.3 Å². The van der Waals surface area contributed by atoms with E-state index in [0.717, 1.165) is 21.9 Å². The van der Waals surface area contributed by atoms with E-state index in [-0.39, 0.29) is 11.2 Å². The topological polar surface area (TPSA) is 75.1 Å². The lowest BCUT2D eigenvalue weighted by Gasteiger charge is -2.10. The highest BCUT2D eigenvalue weighted by atomic mass is 32.2. The number of imidazole rings is 1. The largest absolute Gasteiger partial charge is 0.325 e. The minimum Gasteiger partial charge on any atom is -0.325 e. The molecule has 0 saturated carbocycles. The van der Waals surface area contributed by atoms with Crippen molar-refractivity contribution in [2.45, 2.75) is 17.3 Å². The Labute approximate surface area is 142 Å². The first-order chi connectivity index (χ1) is 11.7. The number of aromatic amines is 1. The molecule has 0 radical (unpaired) electrons. The molecule has 0 aliphatic rings. The lowest BCUT2D eigenvalue weighted by molar-refractivity contribution is -0.115. The molecule has 24 heavy (non-hydrogen) atoms. The van der Waals surface area contributed by atoms with Crippen LogP contribution < -0.4 is 5.32 Å². The van der Waals surface area contributed by atoms with Gasteiger partial charge in [0.2, 0.25) is 11.7 Å². The van der Waals surface area contributed by atoms with Crippen LogP contribution in [0.3, 0.4) is 0 Å². The number of thioether (sulfide) groups is 1. The van der Waals surface area contributed by atoms with Gasteiger partial charge in [-0.15, -0.1) is 5.10 Å². The molecule has 0 saturated heterocycles. The molecule has 2 aromatic carbocycles. The smallest absolute Gasteiger partial charge is 0.237 e. The average molecular weight is 337 g/mol. The van der Waals surface area contributed by atoms with Crippen molar-refractivity contribution in [3.63, 3.8) is 0 Å². The number of H-pyrrole nitrogens is 1. The first-order valence-electron chi connectivity index (χ1n) is 7.56. The summed E-state index contributed by atoms with van der Waals surface area (Å²) < 4.78 is 1.94. The Morgan fingerprint density at radius 1 is 1.17 bits per heavy atom. The first kappa shape index (κ1) is 14.8. The second kappa shape index (κ2) is 6.01. The molecule has 2 heterocycles. The van der Waals surface area contributed by atoms with E-state index in [1.165, 1.54) is 11.8 Å². The third-order valence-corrected chi connectivity index (χ3v) is 4.75. The van der Waals surface area contributed by atoms with Gasteiger partial charge in [-0.25, -0.2) is 10.1 Å². The molecule has 2 aromatic heterocycles. The van der Waals surface area contributed by atoms with Crippen LogP contribution in [-0.4, -0.2) is 30.7 Å². The number of fused-ring (bicyclic) bond motifs is 3. The highest BCUT2D eigenvalue weighted by Crippen LogP contribution is 2.26. The summed E-state index contributed by atoms with van der Waals surface area (Å²) in [6.45, 7) is 1.86. The number of aromatic nitrogens is 4. The fraction of sp³-hybridized carbons (Fsp3) is 0.118. The monoisotopic (exact) mass is 337 g/mol. The number of nitrogens with zero attached hydrogens (tertiary/aromatic N) is 3. The molecule has 6 nitrogen and oxygen atoms in total. The normalized spacial score (nSPS) is 12.5. The van der Waals surface area contributed by atoms with Crippen LogP contribution in [0.1, 0.15) is 6.92 Å². The summed E-state index contributed by atoms with van der Waals surface area (Å²) in [5.74, 6) is 0.612. The summed E-state index contributed by atoms with van der Waals surface area (Å²) in [6.07, 6.45) is 0. The second-order valence-electron chi connectivity index (χ2n) is 5.38. The molecule has 7 heteroatoms. The van der Waals surface area contributed by atoms with E-state index < -0.39 is 0 Å². The van der Waals surface area contributed by atoms with E-state index in [9.17, 15) is 4.79 Å². The molecule has 0 bridgehead atoms. The third kappa shape index (κ3) is 2.63. The third-order valence-electron chi connectivity index (χ3n) is 3.70. The van der Waals surface area contributed by atoms with Gasteiger partial charge in [-0.1, -0.05) is 42.1 Å². The van der Waals surface area contributed by atoms with Gasteiger partial charge in [0.25, 0.3) is 0 Å². The molecular weight excluding hydrogens is 322 g/mol. The van der Waals surface area contributed by atoms with Gasteiger partial charge in [-0.2, -0.15) is 0 Å². The minimum absolute atomic E-state index is 0.0632. The van der Waals surface area contributed by atoms with Crippen LogP contribution in [0.15, 0.2) is 59.8 Å². The van der Waals surface area contributed by atoms with Crippen molar-refractivity contribution in [3.8, 4) is 0 Å². The maximum atomic E-state index is 12.4. The lowest BCUT2D eigenvalue weighted by Crippen LogP contribution is -2.22. The van der Waals surface area contributed by atoms with Crippen molar-refractivity contribution in [3.05, 3.63) is 54.6 Å². The number of rotatable bonds is 4. The van der Waals surface area contributed by atoms with Crippen molar-refractivity contribution in [1.29, 1.82) is 0 Å². The minimum atomic E-state index is -0.294. The van der Waals surface area contributed by atoms with Crippen molar-refractivity contribution in [2.75, 3.05) is 5.32 Å². The van der Waals surface area contributed by atoms with Crippen LogP contribution in [0.4, 0.5) is 5.69 Å². The number of anilines is 1. The molecule has 4 aromatic rings. The number of carbonyl (C=O) groups is 1. The number of hydrogen-bond donors (Lipinski definition) is 2. The van der Waals surface area contributed by atoms with Gasteiger partial charge < -0.3 is 5.32 Å². The summed E-state index contributed by atoms with van der Waals surface area (Å²) in [4.78, 5) is 16.9. The van der Waals surface area contributed by atoms with Gasteiger partial charge in [-0.3, -0.25) is 9.20 Å². The Morgan fingerprint density at radius 2 is 1.92 bits per heavy atom. The molecule has 4 rings (SSSR count). The molecule has 120 valence electrons. The Balaban J connectivity index is 1.58. The van der Waals surface area contributed by atoms with Crippen molar-refractivity contribution >= 4 is 40.2 Å². The molecule has 0 fully saturated rings. The molecule has 0 aliphatic heterocycles. The highest BCUT2D eigenvalue weighted by Gasteiger charge is 2.19. The van der Waals surface area contributed by atoms with Crippen LogP contribution in [0, 0.1) is 0 Å². The van der Waals surface area contributed by atoms with Crippen molar-refractivity contribution in [2.24, 2.45) is 0 Å². The Morgan fingerprint density at radius 3 is 2.75 bits per heavy atom. The molecule has 1 amide bonds. The summed E-state index contributed by atoms with van der Waals surface area (Å²) in [5.41, 5.74) is 2.66. The number of carbonyl (C=O) groups excluding carboxylic acids is 1. The van der Waals surface area contributed by atoms with E-state index in [1.807, 2.05) is 65.9 Å². The number of para-hydroxylation sites is 3. The zero-order valence-corrected chi connectivity index (χ0v) is 13.7. The molecule has 2 N–H and O–H groups in total. The predicted molar refractivity (Wildman–Crippen MR) is 95.2 cm³/mol. The number of amides is 1. The molecule has 0 spiro atoms. The van der Waals surface area contributed by atoms with Crippen LogP contribution in [0.2, 0.25) is 0 Å². The zero-order chi connectivity index (χ0) is 16.5. The zero-order valence-electron chi connectivity index (χ0n) is 12.9. The summed E-state index contributed by atoms with van der Waals surface area (Å²) in [6, 6.07) is 17.3. The van der Waals surface area contributed by atoms with Gasteiger partial charge in [0, 0.05) is 5.69 Å². The summed E-state index contributed by atoms with van der Waals surface area (Å²) in [7, 11) is 0. The maximum Gasteiger partial charge on any atom is 0.237 e. The van der Waals surface area contributed by atoms with Crippen LogP contribution in [-0.2, 0) is 4.79 Å². The van der Waals surface area contributed by atoms with Crippen molar-refractivity contribution in [1.82, 2.24) is 19.6 Å². The van der Waals surface area contributed by atoms with Gasteiger partial charge in [0.15, 0.2) is 5.16 Å². The molecule has 0 aliphatic carbocycles. The summed E-state index contributed by atoms with van der Waals surface area (Å²) >= 11 is 1.40. The number of benzene rings is 2. The van der Waals surface area contributed by atoms with E-state index >= 15 is 0 Å². The van der Waals surface area contributed by atoms with Gasteiger partial charge >= 0.3 is 0 Å². The number of hydrogen-bond acceptors (Lipinski definition) is 4. The van der Waals surface area contributed by atoms with Crippen LogP contribution in [0.5, 0.6) is 0 Å². The maximum absolute atomic E-state index is 12.4. The Hall–Kier alpha value is -2.80. The summed E-state index contributed by atoms with van der Waals surface area (Å²) in [5, 5.41) is 10.5. The van der Waals surface area contributed by atoms with Crippen LogP contribution >= 0.6 is 11.8 Å². The number of nitrogens with one attached hydrogen (secondary N) is 2. The average Bonchev–Trinajstić information content (AvgIpc) is 3.15. The van der Waals surface area contributed by atoms with Gasteiger partial charge in [0.1, 0.15) is 0 Å². The predicted octanol–water partition coefficient (Wildman–Crippen LogP) is 3.33. The van der Waals surface area contributed by atoms with E-state index in [0.29, 0.717) is 5.78 Å². The van der Waals surface area contributed by atoms with Crippen LogP contribution in [0.25, 0.3) is 16.8 Å². The van der Waals surface area contributed by atoms with E-state index in [1.54, 1.807) is 0 Å². The SMILES string of the molecule is C[C@@H](Sc1n[nH]c2nc3ccccc3n12)C(=O)Nc1ccccc1. The van der Waals surface area contributed by atoms with Gasteiger partial charge in [-0.05, 0) is 31.2 Å². The van der Waals surface area contributed by atoms with E-state index in [2.05, 4.69) is 20.5 Å². The second-order valence-corrected chi connectivity index (χ2v) is 6.69.